The second-order valence-corrected chi connectivity index (χ2v) is 9.08. The summed E-state index contributed by atoms with van der Waals surface area (Å²) in [4.78, 5) is 3.44. The summed E-state index contributed by atoms with van der Waals surface area (Å²) in [6.07, 6.45) is 3.02. The van der Waals surface area contributed by atoms with Gasteiger partial charge in [0.05, 0.1) is 17.1 Å². The highest BCUT2D eigenvalue weighted by Gasteiger charge is 2.31. The monoisotopic (exact) mass is 441 g/mol. The van der Waals surface area contributed by atoms with Gasteiger partial charge in [-0.15, -0.1) is 0 Å². The van der Waals surface area contributed by atoms with E-state index in [4.69, 9.17) is 4.74 Å². The van der Waals surface area contributed by atoms with Gasteiger partial charge in [0, 0.05) is 35.9 Å². The van der Waals surface area contributed by atoms with Crippen LogP contribution in [-0.2, 0) is 17.1 Å². The van der Waals surface area contributed by atoms with Gasteiger partial charge in [-0.25, -0.2) is 17.8 Å². The minimum atomic E-state index is -3.91. The van der Waals surface area contributed by atoms with E-state index >= 15 is 0 Å². The highest BCUT2D eigenvalue weighted by Crippen LogP contribution is 2.39. The van der Waals surface area contributed by atoms with E-state index in [1.165, 1.54) is 16.4 Å². The number of aryl methyl sites for hydroxylation is 1. The number of hydrogen-bond acceptors (Lipinski definition) is 4. The first-order valence-electron chi connectivity index (χ1n) is 9.51. The van der Waals surface area contributed by atoms with Crippen LogP contribution in [0.15, 0.2) is 65.8 Å². The van der Waals surface area contributed by atoms with E-state index in [-0.39, 0.29) is 29.3 Å². The molecule has 0 saturated carbocycles. The molecular weight excluding hydrogens is 424 g/mol. The van der Waals surface area contributed by atoms with Gasteiger partial charge in [-0.2, -0.15) is 4.39 Å². The third kappa shape index (κ3) is 3.12. The van der Waals surface area contributed by atoms with Crippen molar-refractivity contribution in [3.8, 4) is 16.9 Å². The van der Waals surface area contributed by atoms with E-state index in [1.807, 2.05) is 23.9 Å². The van der Waals surface area contributed by atoms with E-state index in [1.54, 1.807) is 30.3 Å². The Bertz CT molecular complexity index is 1430. The van der Waals surface area contributed by atoms with Crippen LogP contribution in [0.3, 0.4) is 0 Å². The number of pyridine rings is 1. The van der Waals surface area contributed by atoms with Crippen LogP contribution >= 0.6 is 0 Å². The van der Waals surface area contributed by atoms with Crippen LogP contribution in [0, 0.1) is 11.8 Å². The number of hydrogen-bond donors (Lipinski definition) is 0. The second kappa shape index (κ2) is 7.05. The molecular formula is C22H17F2N3O3S. The molecule has 2 aromatic heterocycles. The molecule has 0 spiro atoms. The predicted octanol–water partition coefficient (Wildman–Crippen LogP) is 4.11. The number of rotatable bonds is 3. The summed E-state index contributed by atoms with van der Waals surface area (Å²) < 4.78 is 63.6. The van der Waals surface area contributed by atoms with Gasteiger partial charge >= 0.3 is 0 Å². The molecule has 1 aliphatic heterocycles. The Kier molecular flexibility index (Phi) is 4.44. The molecule has 0 atom stereocenters. The molecule has 6 nitrogen and oxygen atoms in total. The fraction of sp³-hybridized carbons (Fsp3) is 0.136. The lowest BCUT2D eigenvalue weighted by Gasteiger charge is -2.31. The van der Waals surface area contributed by atoms with Crippen LogP contribution in [0.2, 0.25) is 0 Å². The lowest BCUT2D eigenvalue weighted by Crippen LogP contribution is -2.37. The standard InChI is InChI=1S/C22H17F2N3O3S/c1-26-9-7-15-12-16(3-4-18(15)26)31(28,29)27-10-11-30-20-5-2-14(13-19(20)27)17-6-8-25-22(24)21(17)23/h2-9,12-13H,10-11H2,1H3. The van der Waals surface area contributed by atoms with E-state index in [9.17, 15) is 17.2 Å². The molecule has 4 aromatic rings. The fourth-order valence-corrected chi connectivity index (χ4v) is 5.29. The van der Waals surface area contributed by atoms with Crippen LogP contribution in [-0.4, -0.2) is 31.1 Å². The number of benzene rings is 2. The third-order valence-electron chi connectivity index (χ3n) is 5.38. The normalized spacial score (nSPS) is 13.8. The summed E-state index contributed by atoms with van der Waals surface area (Å²) in [6, 6.07) is 12.7. The van der Waals surface area contributed by atoms with Crippen molar-refractivity contribution in [3.05, 3.63) is 72.7 Å². The molecule has 3 heterocycles. The average molecular weight is 441 g/mol. The number of nitrogens with zero attached hydrogens (tertiary/aromatic N) is 3. The summed E-state index contributed by atoms with van der Waals surface area (Å²) in [7, 11) is -2.02. The Balaban J connectivity index is 1.62. The fourth-order valence-electron chi connectivity index (χ4n) is 3.80. The maximum Gasteiger partial charge on any atom is 0.264 e. The number of sulfonamides is 1. The zero-order valence-electron chi connectivity index (χ0n) is 16.4. The molecule has 1 aliphatic rings. The van der Waals surface area contributed by atoms with Crippen LogP contribution < -0.4 is 9.04 Å². The van der Waals surface area contributed by atoms with Crippen molar-refractivity contribution in [3.63, 3.8) is 0 Å². The molecule has 0 amide bonds. The summed E-state index contributed by atoms with van der Waals surface area (Å²) in [5.41, 5.74) is 1.50. The van der Waals surface area contributed by atoms with Gasteiger partial charge < -0.3 is 9.30 Å². The zero-order valence-corrected chi connectivity index (χ0v) is 17.2. The summed E-state index contributed by atoms with van der Waals surface area (Å²) in [5, 5.41) is 0.806. The first-order chi connectivity index (χ1) is 14.9. The quantitative estimate of drug-likeness (QED) is 0.449. The SMILES string of the molecule is Cn1ccc2cc(S(=O)(=O)N3CCOc4ccc(-c5ccnc(F)c5F)cc43)ccc21. The molecule has 0 saturated heterocycles. The molecule has 0 aliphatic carbocycles. The van der Waals surface area contributed by atoms with Crippen molar-refractivity contribution >= 4 is 26.6 Å². The van der Waals surface area contributed by atoms with E-state index in [2.05, 4.69) is 4.98 Å². The summed E-state index contributed by atoms with van der Waals surface area (Å²) in [6.45, 7) is 0.274. The minimum absolute atomic E-state index is 0.0103. The molecule has 0 bridgehead atoms. The molecule has 5 rings (SSSR count). The first-order valence-corrected chi connectivity index (χ1v) is 11.0. The Morgan fingerprint density at radius 3 is 2.74 bits per heavy atom. The van der Waals surface area contributed by atoms with Crippen molar-refractivity contribution in [2.75, 3.05) is 17.5 Å². The van der Waals surface area contributed by atoms with Gasteiger partial charge in [-0.1, -0.05) is 6.07 Å². The number of anilines is 1. The highest BCUT2D eigenvalue weighted by atomic mass is 32.2. The predicted molar refractivity (Wildman–Crippen MR) is 113 cm³/mol. The van der Waals surface area contributed by atoms with Crippen molar-refractivity contribution in [2.45, 2.75) is 4.90 Å². The number of fused-ring (bicyclic) bond motifs is 2. The largest absolute Gasteiger partial charge is 0.489 e. The van der Waals surface area contributed by atoms with Crippen LogP contribution in [0.4, 0.5) is 14.5 Å². The molecule has 2 aromatic carbocycles. The lowest BCUT2D eigenvalue weighted by atomic mass is 10.0. The van der Waals surface area contributed by atoms with Gasteiger partial charge in [0.2, 0.25) is 5.95 Å². The van der Waals surface area contributed by atoms with Crippen LogP contribution in [0.1, 0.15) is 0 Å². The van der Waals surface area contributed by atoms with Crippen LogP contribution in [0.25, 0.3) is 22.0 Å². The molecule has 158 valence electrons. The first kappa shape index (κ1) is 19.5. The molecule has 0 N–H and O–H groups in total. The summed E-state index contributed by atoms with van der Waals surface area (Å²) in [5.74, 6) is -1.95. The smallest absolute Gasteiger partial charge is 0.264 e. The molecule has 9 heteroatoms. The maximum absolute atomic E-state index is 14.3. The minimum Gasteiger partial charge on any atom is -0.489 e. The third-order valence-corrected chi connectivity index (χ3v) is 7.19. The lowest BCUT2D eigenvalue weighted by molar-refractivity contribution is 0.316. The summed E-state index contributed by atoms with van der Waals surface area (Å²) >= 11 is 0. The Hall–Kier alpha value is -3.46. The average Bonchev–Trinajstić information content (AvgIpc) is 3.15. The molecule has 0 radical (unpaired) electrons. The van der Waals surface area contributed by atoms with Crippen molar-refractivity contribution < 1.29 is 21.9 Å². The van der Waals surface area contributed by atoms with E-state index in [0.29, 0.717) is 11.3 Å². The van der Waals surface area contributed by atoms with Gasteiger partial charge in [-0.05, 0) is 48.0 Å². The highest BCUT2D eigenvalue weighted by molar-refractivity contribution is 7.92. The zero-order chi connectivity index (χ0) is 21.8. The maximum atomic E-state index is 14.3. The number of aromatic nitrogens is 2. The van der Waals surface area contributed by atoms with E-state index in [0.717, 1.165) is 17.1 Å². The van der Waals surface area contributed by atoms with Gasteiger partial charge in [0.25, 0.3) is 10.0 Å². The van der Waals surface area contributed by atoms with Gasteiger partial charge in [0.15, 0.2) is 5.82 Å². The van der Waals surface area contributed by atoms with E-state index < -0.39 is 21.8 Å². The topological polar surface area (TPSA) is 64.4 Å². The van der Waals surface area contributed by atoms with Crippen LogP contribution in [0.5, 0.6) is 5.75 Å². The molecule has 0 unspecified atom stereocenters. The van der Waals surface area contributed by atoms with Crippen molar-refractivity contribution in [2.24, 2.45) is 7.05 Å². The van der Waals surface area contributed by atoms with Gasteiger partial charge in [-0.3, -0.25) is 4.31 Å². The Labute approximate surface area is 177 Å². The second-order valence-electron chi connectivity index (χ2n) is 7.22. The Morgan fingerprint density at radius 1 is 1.06 bits per heavy atom. The number of ether oxygens (including phenoxy) is 1. The van der Waals surface area contributed by atoms with Crippen molar-refractivity contribution in [1.29, 1.82) is 0 Å². The van der Waals surface area contributed by atoms with Crippen molar-refractivity contribution in [1.82, 2.24) is 9.55 Å². The molecule has 0 fully saturated rings. The number of halogens is 2. The molecule has 31 heavy (non-hydrogen) atoms. The van der Waals surface area contributed by atoms with Gasteiger partial charge in [0.1, 0.15) is 12.4 Å². The Morgan fingerprint density at radius 2 is 1.90 bits per heavy atom.